The maximum Gasteiger partial charge on any atom is 0.540 e. The van der Waals surface area contributed by atoms with Gasteiger partial charge in [0, 0.05) is 0 Å². The Morgan fingerprint density at radius 1 is 0.625 bits per heavy atom. The highest BCUT2D eigenvalue weighted by molar-refractivity contribution is 5.59. The maximum atomic E-state index is 11.2. The third kappa shape index (κ3) is 16.8. The van der Waals surface area contributed by atoms with E-state index in [4.69, 9.17) is 19.2 Å². The number of ether oxygens (including phenoxy) is 2. The molecule has 0 spiro atoms. The second kappa shape index (κ2) is 11.1. The second-order valence-corrected chi connectivity index (χ2v) is 7.17. The quantitative estimate of drug-likeness (QED) is 0.263. The van der Waals surface area contributed by atoms with Crippen molar-refractivity contribution in [3.05, 3.63) is 0 Å². The van der Waals surface area contributed by atoms with Crippen molar-refractivity contribution in [2.75, 3.05) is 13.2 Å². The van der Waals surface area contributed by atoms with Gasteiger partial charge in [-0.1, -0.05) is 0 Å². The fourth-order valence-electron chi connectivity index (χ4n) is 1.23. The van der Waals surface area contributed by atoms with Gasteiger partial charge in [-0.2, -0.15) is 9.78 Å². The molecule has 0 heterocycles. The van der Waals surface area contributed by atoms with Gasteiger partial charge in [0.15, 0.2) is 0 Å². The Morgan fingerprint density at radius 3 is 1.25 bits per heavy atom. The molecule has 0 aliphatic carbocycles. The van der Waals surface area contributed by atoms with Crippen LogP contribution in [0, 0.1) is 0 Å². The molecule has 0 aromatic rings. The number of rotatable bonds is 9. The van der Waals surface area contributed by atoms with Gasteiger partial charge in [0.1, 0.15) is 11.2 Å². The van der Waals surface area contributed by atoms with Crippen molar-refractivity contribution in [1.82, 2.24) is 0 Å². The maximum absolute atomic E-state index is 11.2. The summed E-state index contributed by atoms with van der Waals surface area (Å²) in [5.41, 5.74) is -1.14. The van der Waals surface area contributed by atoms with Crippen LogP contribution in [0.5, 0.6) is 0 Å². The first-order chi connectivity index (χ1) is 11.0. The van der Waals surface area contributed by atoms with Crippen LogP contribution in [0.25, 0.3) is 0 Å². The molecular formula is C16H30O8. The first-order valence-electron chi connectivity index (χ1n) is 8.04. The van der Waals surface area contributed by atoms with Crippen molar-refractivity contribution in [2.45, 2.75) is 78.4 Å². The summed E-state index contributed by atoms with van der Waals surface area (Å²) in [6.45, 7) is 11.0. The minimum Gasteiger partial charge on any atom is -0.432 e. The van der Waals surface area contributed by atoms with E-state index in [1.54, 1.807) is 41.5 Å². The Hall–Kier alpha value is -1.54. The molecule has 0 aromatic carbocycles. The fourth-order valence-corrected chi connectivity index (χ4v) is 1.23. The second-order valence-electron chi connectivity index (χ2n) is 7.17. The van der Waals surface area contributed by atoms with Crippen LogP contribution in [0.4, 0.5) is 9.59 Å². The lowest BCUT2D eigenvalue weighted by Crippen LogP contribution is -2.22. The van der Waals surface area contributed by atoms with Gasteiger partial charge < -0.3 is 9.47 Å². The lowest BCUT2D eigenvalue weighted by atomic mass is 10.2. The molecule has 8 nitrogen and oxygen atoms in total. The van der Waals surface area contributed by atoms with Crippen LogP contribution in [0.3, 0.4) is 0 Å². The normalized spacial score (nSPS) is 11.8. The largest absolute Gasteiger partial charge is 0.540 e. The Labute approximate surface area is 143 Å². The van der Waals surface area contributed by atoms with Gasteiger partial charge in [-0.15, -0.1) is 0 Å². The zero-order valence-electron chi connectivity index (χ0n) is 15.5. The average molecular weight is 350 g/mol. The van der Waals surface area contributed by atoms with E-state index >= 15 is 0 Å². The predicted octanol–water partition coefficient (Wildman–Crippen LogP) is 4.31. The highest BCUT2D eigenvalue weighted by atomic mass is 17.2. The van der Waals surface area contributed by atoms with Crippen molar-refractivity contribution in [2.24, 2.45) is 0 Å². The van der Waals surface area contributed by atoms with Gasteiger partial charge in [0.2, 0.25) is 0 Å². The lowest BCUT2D eigenvalue weighted by molar-refractivity contribution is -0.312. The number of unbranched alkanes of at least 4 members (excludes halogenated alkanes) is 3. The Morgan fingerprint density at radius 2 is 0.958 bits per heavy atom. The van der Waals surface area contributed by atoms with Crippen LogP contribution in [0.15, 0.2) is 0 Å². The molecule has 0 aliphatic rings. The SMILES string of the molecule is CC(C)(C)OOC(=O)OCCCCCCOC(=O)OOC(C)(C)C. The first kappa shape index (κ1) is 22.5. The summed E-state index contributed by atoms with van der Waals surface area (Å²) in [7, 11) is 0. The van der Waals surface area contributed by atoms with E-state index in [2.05, 4.69) is 9.78 Å². The molecule has 0 bridgehead atoms. The van der Waals surface area contributed by atoms with Crippen LogP contribution >= 0.6 is 0 Å². The molecule has 0 rings (SSSR count). The van der Waals surface area contributed by atoms with E-state index < -0.39 is 23.5 Å². The number of hydrogen-bond donors (Lipinski definition) is 0. The zero-order valence-corrected chi connectivity index (χ0v) is 15.5. The molecule has 0 fully saturated rings. The highest BCUT2D eigenvalue weighted by Gasteiger charge is 2.16. The van der Waals surface area contributed by atoms with Crippen LogP contribution < -0.4 is 0 Å². The summed E-state index contributed by atoms with van der Waals surface area (Å²) in [6.07, 6.45) is 1.31. The molecule has 24 heavy (non-hydrogen) atoms. The summed E-state index contributed by atoms with van der Waals surface area (Å²) in [4.78, 5) is 41.0. The number of carbonyl (C=O) groups excluding carboxylic acids is 2. The molecule has 8 heteroatoms. The Balaban J connectivity index is 3.42. The standard InChI is InChI=1S/C16H30O8/c1-15(2,3)23-21-13(17)19-11-9-7-8-10-12-20-14(18)22-24-16(4,5)6/h7-12H2,1-6H3. The van der Waals surface area contributed by atoms with Crippen LogP contribution in [0.2, 0.25) is 0 Å². The summed E-state index contributed by atoms with van der Waals surface area (Å²) in [6, 6.07) is 0. The molecule has 0 unspecified atom stereocenters. The van der Waals surface area contributed by atoms with Crippen molar-refractivity contribution >= 4 is 12.3 Å². The van der Waals surface area contributed by atoms with Crippen molar-refractivity contribution < 1.29 is 38.6 Å². The van der Waals surface area contributed by atoms with E-state index in [1.807, 2.05) is 0 Å². The van der Waals surface area contributed by atoms with E-state index in [1.165, 1.54) is 0 Å². The van der Waals surface area contributed by atoms with Gasteiger partial charge in [0.25, 0.3) is 0 Å². The Kier molecular flexibility index (Phi) is 10.4. The molecule has 0 saturated heterocycles. The van der Waals surface area contributed by atoms with E-state index in [0.29, 0.717) is 12.8 Å². The van der Waals surface area contributed by atoms with Crippen molar-refractivity contribution in [3.8, 4) is 0 Å². The van der Waals surface area contributed by atoms with Crippen LogP contribution in [-0.2, 0) is 29.0 Å². The molecule has 0 amide bonds. The topological polar surface area (TPSA) is 89.5 Å². The predicted molar refractivity (Wildman–Crippen MR) is 85.0 cm³/mol. The molecule has 0 aromatic heterocycles. The van der Waals surface area contributed by atoms with Gasteiger partial charge in [-0.05, 0) is 67.2 Å². The summed E-state index contributed by atoms with van der Waals surface area (Å²) >= 11 is 0. The summed E-state index contributed by atoms with van der Waals surface area (Å²) < 4.78 is 9.68. The van der Waals surface area contributed by atoms with Gasteiger partial charge in [-0.3, -0.25) is 9.78 Å². The third-order valence-corrected chi connectivity index (χ3v) is 2.20. The summed E-state index contributed by atoms with van der Waals surface area (Å²) in [5, 5.41) is 0. The molecule has 142 valence electrons. The minimum atomic E-state index is -0.852. The third-order valence-electron chi connectivity index (χ3n) is 2.20. The van der Waals surface area contributed by atoms with E-state index in [0.717, 1.165) is 12.8 Å². The molecule has 0 N–H and O–H groups in total. The number of hydrogen-bond acceptors (Lipinski definition) is 8. The zero-order chi connectivity index (χ0) is 18.6. The molecule has 0 saturated carbocycles. The first-order valence-corrected chi connectivity index (χ1v) is 8.04. The van der Waals surface area contributed by atoms with E-state index in [-0.39, 0.29) is 13.2 Å². The van der Waals surface area contributed by atoms with Crippen molar-refractivity contribution in [3.63, 3.8) is 0 Å². The smallest absolute Gasteiger partial charge is 0.432 e. The monoisotopic (exact) mass is 350 g/mol. The lowest BCUT2D eigenvalue weighted by Gasteiger charge is -2.16. The average Bonchev–Trinajstić information content (AvgIpc) is 2.44. The number of carbonyl (C=O) groups is 2. The van der Waals surface area contributed by atoms with Crippen LogP contribution in [-0.4, -0.2) is 36.7 Å². The van der Waals surface area contributed by atoms with Crippen molar-refractivity contribution in [1.29, 1.82) is 0 Å². The minimum absolute atomic E-state index is 0.245. The summed E-state index contributed by atoms with van der Waals surface area (Å²) in [5.74, 6) is 0. The Bertz CT molecular complexity index is 331. The van der Waals surface area contributed by atoms with Gasteiger partial charge >= 0.3 is 12.3 Å². The van der Waals surface area contributed by atoms with E-state index in [9.17, 15) is 9.59 Å². The molecule has 0 atom stereocenters. The van der Waals surface area contributed by atoms with Gasteiger partial charge in [-0.25, -0.2) is 9.59 Å². The fraction of sp³-hybridized carbons (Fsp3) is 0.875. The van der Waals surface area contributed by atoms with Crippen LogP contribution in [0.1, 0.15) is 67.2 Å². The molecule has 0 aliphatic heterocycles. The highest BCUT2D eigenvalue weighted by Crippen LogP contribution is 2.09. The molecular weight excluding hydrogens is 320 g/mol. The molecule has 0 radical (unpaired) electrons. The van der Waals surface area contributed by atoms with Gasteiger partial charge in [0.05, 0.1) is 13.2 Å².